The summed E-state index contributed by atoms with van der Waals surface area (Å²) in [6.07, 6.45) is 0. The van der Waals surface area contributed by atoms with Gasteiger partial charge in [0.25, 0.3) is 0 Å². The molecule has 0 spiro atoms. The maximum Gasteiger partial charge on any atom is 0.335 e. The molecule has 2 heteroatoms. The topological polar surface area (TPSA) is 37.3 Å². The summed E-state index contributed by atoms with van der Waals surface area (Å²) in [5.41, 5.74) is 1.65. The third kappa shape index (κ3) is 4.42. The fourth-order valence-corrected chi connectivity index (χ4v) is 1.12. The number of rotatable bonds is 1. The van der Waals surface area contributed by atoms with Gasteiger partial charge in [0.15, 0.2) is 0 Å². The molecule has 2 rings (SSSR count). The average molecular weight is 214 g/mol. The Morgan fingerprint density at radius 3 is 1.56 bits per heavy atom. The van der Waals surface area contributed by atoms with Gasteiger partial charge in [-0.2, -0.15) is 0 Å². The zero-order valence-electron chi connectivity index (χ0n) is 9.13. The summed E-state index contributed by atoms with van der Waals surface area (Å²) < 4.78 is 0. The highest BCUT2D eigenvalue weighted by molar-refractivity contribution is 5.87. The molecule has 0 atom stereocenters. The van der Waals surface area contributed by atoms with Crippen LogP contribution in [0.25, 0.3) is 0 Å². The Morgan fingerprint density at radius 2 is 1.31 bits per heavy atom. The smallest absolute Gasteiger partial charge is 0.335 e. The monoisotopic (exact) mass is 214 g/mol. The summed E-state index contributed by atoms with van der Waals surface area (Å²) in [5, 5.41) is 8.38. The van der Waals surface area contributed by atoms with Gasteiger partial charge in [0.05, 0.1) is 5.56 Å². The second-order valence-electron chi connectivity index (χ2n) is 3.33. The molecule has 0 aromatic heterocycles. The van der Waals surface area contributed by atoms with Crippen molar-refractivity contribution in [1.29, 1.82) is 0 Å². The summed E-state index contributed by atoms with van der Waals surface area (Å²) in [5.74, 6) is -0.879. The Kier molecular flexibility index (Phi) is 4.80. The van der Waals surface area contributed by atoms with Crippen molar-refractivity contribution in [1.82, 2.24) is 0 Å². The maximum atomic E-state index is 10.2. The molecule has 16 heavy (non-hydrogen) atoms. The SMILES string of the molecule is Cc1ccccc1.O=C(O)c1ccccc1. The van der Waals surface area contributed by atoms with E-state index in [0.29, 0.717) is 5.56 Å². The highest BCUT2D eigenvalue weighted by Gasteiger charge is 1.96. The molecule has 0 aliphatic rings. The summed E-state index contributed by atoms with van der Waals surface area (Å²) in [6.45, 7) is 2.08. The zero-order valence-corrected chi connectivity index (χ0v) is 9.13. The molecule has 0 saturated heterocycles. The van der Waals surface area contributed by atoms with Gasteiger partial charge in [0, 0.05) is 0 Å². The van der Waals surface area contributed by atoms with Gasteiger partial charge >= 0.3 is 5.97 Å². The van der Waals surface area contributed by atoms with Crippen molar-refractivity contribution in [3.05, 3.63) is 71.8 Å². The van der Waals surface area contributed by atoms with Crippen LogP contribution in [0, 0.1) is 6.92 Å². The van der Waals surface area contributed by atoms with Crippen LogP contribution in [-0.2, 0) is 0 Å². The van der Waals surface area contributed by atoms with Crippen LogP contribution in [0.15, 0.2) is 60.7 Å². The van der Waals surface area contributed by atoms with Crippen LogP contribution in [0.5, 0.6) is 0 Å². The van der Waals surface area contributed by atoms with E-state index in [4.69, 9.17) is 5.11 Å². The standard InChI is InChI=1S/C7H6O2.C7H8/c8-7(9)6-4-2-1-3-5-6;1-7-5-3-2-4-6-7/h1-5H,(H,8,9);2-6H,1H3. The molecule has 0 heterocycles. The van der Waals surface area contributed by atoms with E-state index in [1.165, 1.54) is 5.56 Å². The van der Waals surface area contributed by atoms with Gasteiger partial charge in [0.2, 0.25) is 0 Å². The lowest BCUT2D eigenvalue weighted by Gasteiger charge is -1.88. The number of carboxylic acid groups (broad SMARTS) is 1. The molecule has 0 amide bonds. The van der Waals surface area contributed by atoms with Crippen molar-refractivity contribution in [3.8, 4) is 0 Å². The van der Waals surface area contributed by atoms with Gasteiger partial charge in [-0.1, -0.05) is 54.1 Å². The lowest BCUT2D eigenvalue weighted by atomic mass is 10.2. The maximum absolute atomic E-state index is 10.2. The fraction of sp³-hybridized carbons (Fsp3) is 0.0714. The van der Waals surface area contributed by atoms with Crippen molar-refractivity contribution < 1.29 is 9.90 Å². The van der Waals surface area contributed by atoms with Gasteiger partial charge < -0.3 is 5.11 Å². The van der Waals surface area contributed by atoms with Crippen LogP contribution < -0.4 is 0 Å². The van der Waals surface area contributed by atoms with Crippen LogP contribution in [0.3, 0.4) is 0 Å². The predicted molar refractivity (Wildman–Crippen MR) is 64.6 cm³/mol. The van der Waals surface area contributed by atoms with Gasteiger partial charge in [-0.05, 0) is 19.1 Å². The van der Waals surface area contributed by atoms with E-state index in [1.54, 1.807) is 30.3 Å². The predicted octanol–water partition coefficient (Wildman–Crippen LogP) is 3.38. The molecule has 2 aromatic carbocycles. The minimum Gasteiger partial charge on any atom is -0.478 e. The number of carboxylic acids is 1. The largest absolute Gasteiger partial charge is 0.478 e. The number of carbonyl (C=O) groups is 1. The summed E-state index contributed by atoms with van der Waals surface area (Å²) in [7, 11) is 0. The molecule has 2 aromatic rings. The second kappa shape index (κ2) is 6.40. The number of aryl methyl sites for hydroxylation is 1. The molecule has 82 valence electrons. The van der Waals surface area contributed by atoms with Crippen LogP contribution in [-0.4, -0.2) is 11.1 Å². The fourth-order valence-electron chi connectivity index (χ4n) is 1.12. The van der Waals surface area contributed by atoms with E-state index in [0.717, 1.165) is 0 Å². The third-order valence-electron chi connectivity index (χ3n) is 1.96. The van der Waals surface area contributed by atoms with Gasteiger partial charge in [-0.3, -0.25) is 0 Å². The van der Waals surface area contributed by atoms with E-state index in [2.05, 4.69) is 19.1 Å². The molecular weight excluding hydrogens is 200 g/mol. The molecule has 0 fully saturated rings. The third-order valence-corrected chi connectivity index (χ3v) is 1.96. The molecular formula is C14H14O2. The first-order valence-electron chi connectivity index (χ1n) is 5.00. The Hall–Kier alpha value is -2.09. The van der Waals surface area contributed by atoms with Gasteiger partial charge in [-0.25, -0.2) is 4.79 Å². The first kappa shape index (κ1) is 12.0. The lowest BCUT2D eigenvalue weighted by molar-refractivity contribution is 0.0697. The molecule has 2 nitrogen and oxygen atoms in total. The van der Waals surface area contributed by atoms with Crippen LogP contribution in [0.4, 0.5) is 0 Å². The van der Waals surface area contributed by atoms with Crippen molar-refractivity contribution in [2.24, 2.45) is 0 Å². The summed E-state index contributed by atoms with van der Waals surface area (Å²) in [6, 6.07) is 18.6. The van der Waals surface area contributed by atoms with E-state index in [-0.39, 0.29) is 0 Å². The zero-order chi connectivity index (χ0) is 11.8. The number of aromatic carboxylic acids is 1. The number of benzene rings is 2. The first-order valence-corrected chi connectivity index (χ1v) is 5.00. The first-order chi connectivity index (χ1) is 7.70. The molecule has 0 saturated carbocycles. The highest BCUT2D eigenvalue weighted by Crippen LogP contribution is 1.96. The van der Waals surface area contributed by atoms with E-state index < -0.39 is 5.97 Å². The summed E-state index contributed by atoms with van der Waals surface area (Å²) >= 11 is 0. The lowest BCUT2D eigenvalue weighted by Crippen LogP contribution is -1.93. The quantitative estimate of drug-likeness (QED) is 0.790. The van der Waals surface area contributed by atoms with Crippen molar-refractivity contribution in [3.63, 3.8) is 0 Å². The van der Waals surface area contributed by atoms with Crippen molar-refractivity contribution in [2.75, 3.05) is 0 Å². The summed E-state index contributed by atoms with van der Waals surface area (Å²) in [4.78, 5) is 10.2. The normalized spacial score (nSPS) is 8.81. The Balaban J connectivity index is 0.000000165. The van der Waals surface area contributed by atoms with Crippen LogP contribution in [0.1, 0.15) is 15.9 Å². The molecule has 1 N–H and O–H groups in total. The molecule has 0 bridgehead atoms. The number of hydrogen-bond donors (Lipinski definition) is 1. The highest BCUT2D eigenvalue weighted by atomic mass is 16.4. The molecule has 0 unspecified atom stereocenters. The Morgan fingerprint density at radius 1 is 0.875 bits per heavy atom. The van der Waals surface area contributed by atoms with E-state index >= 15 is 0 Å². The van der Waals surface area contributed by atoms with Gasteiger partial charge in [0.1, 0.15) is 0 Å². The molecule has 0 aliphatic heterocycles. The van der Waals surface area contributed by atoms with E-state index in [9.17, 15) is 4.79 Å². The number of hydrogen-bond acceptors (Lipinski definition) is 1. The van der Waals surface area contributed by atoms with Crippen molar-refractivity contribution >= 4 is 5.97 Å². The van der Waals surface area contributed by atoms with Gasteiger partial charge in [-0.15, -0.1) is 0 Å². The van der Waals surface area contributed by atoms with Crippen molar-refractivity contribution in [2.45, 2.75) is 6.92 Å². The Bertz CT molecular complexity index is 421. The molecule has 0 radical (unpaired) electrons. The minimum atomic E-state index is -0.879. The van der Waals surface area contributed by atoms with Crippen LogP contribution in [0.2, 0.25) is 0 Å². The average Bonchev–Trinajstić information content (AvgIpc) is 2.32. The minimum absolute atomic E-state index is 0.331. The second-order valence-corrected chi connectivity index (χ2v) is 3.33. The Labute approximate surface area is 95.2 Å². The molecule has 0 aliphatic carbocycles. The van der Waals surface area contributed by atoms with E-state index in [1.807, 2.05) is 18.2 Å². The van der Waals surface area contributed by atoms with Crippen LogP contribution >= 0.6 is 0 Å².